The van der Waals surface area contributed by atoms with Crippen LogP contribution in [0.25, 0.3) is 0 Å². The van der Waals surface area contributed by atoms with E-state index >= 15 is 0 Å². The maximum absolute atomic E-state index is 12.0. The third-order valence-corrected chi connectivity index (χ3v) is 4.31. The highest BCUT2D eigenvalue weighted by Crippen LogP contribution is 2.30. The Morgan fingerprint density at radius 1 is 1.33 bits per heavy atom. The van der Waals surface area contributed by atoms with Crippen LogP contribution in [0.5, 0.6) is 0 Å². The summed E-state index contributed by atoms with van der Waals surface area (Å²) < 4.78 is 0. The van der Waals surface area contributed by atoms with Crippen molar-refractivity contribution in [3.05, 3.63) is 29.3 Å². The van der Waals surface area contributed by atoms with Crippen molar-refractivity contribution in [1.29, 1.82) is 0 Å². The topological polar surface area (TPSA) is 78.4 Å². The highest BCUT2D eigenvalue weighted by molar-refractivity contribution is 6.00. The van der Waals surface area contributed by atoms with Crippen molar-refractivity contribution in [2.45, 2.75) is 33.1 Å². The largest absolute Gasteiger partial charge is 0.478 e. The number of nitrogens with one attached hydrogen (secondary N) is 2. The van der Waals surface area contributed by atoms with Gasteiger partial charge in [0.2, 0.25) is 0 Å². The summed E-state index contributed by atoms with van der Waals surface area (Å²) in [6, 6.07) is 4.60. The zero-order chi connectivity index (χ0) is 15.4. The number of urea groups is 1. The first kappa shape index (κ1) is 15.4. The average molecular weight is 290 g/mol. The second-order valence-corrected chi connectivity index (χ2v) is 5.81. The molecule has 0 aliphatic heterocycles. The van der Waals surface area contributed by atoms with Crippen LogP contribution in [0, 0.1) is 18.8 Å². The SMILES string of the molecule is Cc1cccc(C(=O)O)c1NC(=O)NCC1CCCC1C. The molecule has 0 aromatic heterocycles. The van der Waals surface area contributed by atoms with E-state index in [0.29, 0.717) is 24.1 Å². The van der Waals surface area contributed by atoms with Gasteiger partial charge in [0.05, 0.1) is 11.3 Å². The molecule has 0 heterocycles. The summed E-state index contributed by atoms with van der Waals surface area (Å²) >= 11 is 0. The van der Waals surface area contributed by atoms with Crippen molar-refractivity contribution >= 4 is 17.7 Å². The summed E-state index contributed by atoms with van der Waals surface area (Å²) in [4.78, 5) is 23.2. The zero-order valence-electron chi connectivity index (χ0n) is 12.5. The van der Waals surface area contributed by atoms with Crippen molar-refractivity contribution < 1.29 is 14.7 Å². The normalized spacial score (nSPS) is 21.0. The quantitative estimate of drug-likeness (QED) is 0.796. The molecule has 2 amide bonds. The van der Waals surface area contributed by atoms with Gasteiger partial charge >= 0.3 is 12.0 Å². The highest BCUT2D eigenvalue weighted by Gasteiger charge is 2.23. The number of anilines is 1. The molecule has 5 nitrogen and oxygen atoms in total. The lowest BCUT2D eigenvalue weighted by molar-refractivity contribution is 0.0698. The van der Waals surface area contributed by atoms with Gasteiger partial charge in [-0.2, -0.15) is 0 Å². The summed E-state index contributed by atoms with van der Waals surface area (Å²) in [5.74, 6) is 0.114. The van der Waals surface area contributed by atoms with Gasteiger partial charge in [-0.3, -0.25) is 0 Å². The first-order valence-electron chi connectivity index (χ1n) is 7.36. The lowest BCUT2D eigenvalue weighted by atomic mass is 9.98. The number of rotatable bonds is 4. The first-order valence-corrected chi connectivity index (χ1v) is 7.36. The molecule has 0 spiro atoms. The van der Waals surface area contributed by atoms with Crippen LogP contribution in [0.4, 0.5) is 10.5 Å². The molecule has 114 valence electrons. The van der Waals surface area contributed by atoms with Crippen molar-refractivity contribution in [3.8, 4) is 0 Å². The van der Waals surface area contributed by atoms with Crippen LogP contribution < -0.4 is 10.6 Å². The third-order valence-electron chi connectivity index (χ3n) is 4.31. The average Bonchev–Trinajstić information content (AvgIpc) is 2.84. The van der Waals surface area contributed by atoms with E-state index in [1.54, 1.807) is 19.1 Å². The summed E-state index contributed by atoms with van der Waals surface area (Å²) in [5.41, 5.74) is 1.21. The zero-order valence-corrected chi connectivity index (χ0v) is 12.5. The highest BCUT2D eigenvalue weighted by atomic mass is 16.4. The number of aryl methyl sites for hydroxylation is 1. The minimum atomic E-state index is -1.04. The van der Waals surface area contributed by atoms with Crippen molar-refractivity contribution in [2.24, 2.45) is 11.8 Å². The molecular weight excluding hydrogens is 268 g/mol. The number of carbonyl (C=O) groups is 2. The molecule has 5 heteroatoms. The lowest BCUT2D eigenvalue weighted by Gasteiger charge is -2.17. The molecule has 21 heavy (non-hydrogen) atoms. The predicted octanol–water partition coefficient (Wildman–Crippen LogP) is 3.25. The predicted molar refractivity (Wildman–Crippen MR) is 81.7 cm³/mol. The van der Waals surface area contributed by atoms with Crippen molar-refractivity contribution in [2.75, 3.05) is 11.9 Å². The van der Waals surface area contributed by atoms with Gasteiger partial charge < -0.3 is 15.7 Å². The molecule has 3 N–H and O–H groups in total. The fourth-order valence-corrected chi connectivity index (χ4v) is 2.92. The Morgan fingerprint density at radius 3 is 2.71 bits per heavy atom. The second kappa shape index (κ2) is 6.61. The molecule has 1 fully saturated rings. The Morgan fingerprint density at radius 2 is 2.10 bits per heavy atom. The Balaban J connectivity index is 1.98. The Labute approximate surface area is 124 Å². The van der Waals surface area contributed by atoms with Crippen LogP contribution in [-0.2, 0) is 0 Å². The van der Waals surface area contributed by atoms with Crippen LogP contribution in [0.3, 0.4) is 0 Å². The summed E-state index contributed by atoms with van der Waals surface area (Å²) in [6.45, 7) is 4.63. The van der Waals surface area contributed by atoms with Crippen LogP contribution >= 0.6 is 0 Å². The number of carbonyl (C=O) groups excluding carboxylic acids is 1. The van der Waals surface area contributed by atoms with Crippen molar-refractivity contribution in [3.63, 3.8) is 0 Å². The number of carboxylic acid groups (broad SMARTS) is 1. The molecule has 1 saturated carbocycles. The number of carboxylic acids is 1. The molecule has 2 atom stereocenters. The molecule has 1 aliphatic carbocycles. The maximum atomic E-state index is 12.0. The van der Waals surface area contributed by atoms with E-state index in [4.69, 9.17) is 5.11 Å². The summed E-state index contributed by atoms with van der Waals surface area (Å²) in [6.07, 6.45) is 3.58. The van der Waals surface area contributed by atoms with Gasteiger partial charge in [0.1, 0.15) is 0 Å². The number of hydrogen-bond acceptors (Lipinski definition) is 2. The lowest BCUT2D eigenvalue weighted by Crippen LogP contribution is -2.34. The monoisotopic (exact) mass is 290 g/mol. The Kier molecular flexibility index (Phi) is 4.83. The fourth-order valence-electron chi connectivity index (χ4n) is 2.92. The summed E-state index contributed by atoms with van der Waals surface area (Å²) in [7, 11) is 0. The van der Waals surface area contributed by atoms with Crippen molar-refractivity contribution in [1.82, 2.24) is 5.32 Å². The molecule has 1 aliphatic rings. The number of para-hydroxylation sites is 1. The molecule has 2 unspecified atom stereocenters. The van der Waals surface area contributed by atoms with Gasteiger partial charge in [0.15, 0.2) is 0 Å². The standard InChI is InChI=1S/C16H22N2O3/c1-10-5-3-7-12(10)9-17-16(21)18-14-11(2)6-4-8-13(14)15(19)20/h4,6,8,10,12H,3,5,7,9H2,1-2H3,(H,19,20)(H2,17,18,21). The van der Waals surface area contributed by atoms with Crippen LogP contribution in [0.2, 0.25) is 0 Å². The van der Waals surface area contributed by atoms with E-state index in [1.165, 1.54) is 18.9 Å². The molecule has 0 saturated heterocycles. The first-order chi connectivity index (χ1) is 9.99. The minimum absolute atomic E-state index is 0.111. The Hall–Kier alpha value is -2.04. The smallest absolute Gasteiger partial charge is 0.337 e. The molecule has 0 bridgehead atoms. The van der Waals surface area contributed by atoms with Gasteiger partial charge in [0, 0.05) is 6.54 Å². The molecular formula is C16H22N2O3. The molecule has 2 rings (SSSR count). The third kappa shape index (κ3) is 3.74. The van der Waals surface area contributed by atoms with Gasteiger partial charge in [0.25, 0.3) is 0 Å². The second-order valence-electron chi connectivity index (χ2n) is 5.81. The Bertz CT molecular complexity index is 542. The molecule has 0 radical (unpaired) electrons. The summed E-state index contributed by atoms with van der Waals surface area (Å²) in [5, 5.41) is 14.7. The maximum Gasteiger partial charge on any atom is 0.337 e. The molecule has 1 aromatic carbocycles. The number of hydrogen-bond donors (Lipinski definition) is 3. The van der Waals surface area contributed by atoms with Crippen LogP contribution in [0.15, 0.2) is 18.2 Å². The molecule has 1 aromatic rings. The van der Waals surface area contributed by atoms with Crippen LogP contribution in [0.1, 0.15) is 42.1 Å². The van der Waals surface area contributed by atoms with Gasteiger partial charge in [-0.1, -0.05) is 31.9 Å². The van der Waals surface area contributed by atoms with E-state index in [0.717, 1.165) is 12.0 Å². The number of benzene rings is 1. The van der Waals surface area contributed by atoms with Gasteiger partial charge in [-0.05, 0) is 36.8 Å². The van der Waals surface area contributed by atoms with E-state index in [-0.39, 0.29) is 11.6 Å². The minimum Gasteiger partial charge on any atom is -0.478 e. The van der Waals surface area contributed by atoms with Gasteiger partial charge in [-0.15, -0.1) is 0 Å². The number of aromatic carboxylic acids is 1. The van der Waals surface area contributed by atoms with Crippen LogP contribution in [-0.4, -0.2) is 23.7 Å². The van der Waals surface area contributed by atoms with E-state index in [9.17, 15) is 9.59 Å². The van der Waals surface area contributed by atoms with E-state index in [2.05, 4.69) is 17.6 Å². The van der Waals surface area contributed by atoms with E-state index < -0.39 is 5.97 Å². The fraction of sp³-hybridized carbons (Fsp3) is 0.500. The number of amides is 2. The van der Waals surface area contributed by atoms with Gasteiger partial charge in [-0.25, -0.2) is 9.59 Å². The van der Waals surface area contributed by atoms with E-state index in [1.807, 2.05) is 0 Å².